The molecule has 0 fully saturated rings. The van der Waals surface area contributed by atoms with Gasteiger partial charge in [0.15, 0.2) is 0 Å². The van der Waals surface area contributed by atoms with Crippen LogP contribution in [0.2, 0.25) is 0 Å². The molecule has 0 aliphatic heterocycles. The molecule has 0 radical (unpaired) electrons. The monoisotopic (exact) mass is 476 g/mol. The summed E-state index contributed by atoms with van der Waals surface area (Å²) in [5.41, 5.74) is 0.774. The molecule has 2 amide bonds. The number of hydrogen-bond acceptors (Lipinski definition) is 6. The molecule has 0 spiro atoms. The molecule has 0 saturated carbocycles. The summed E-state index contributed by atoms with van der Waals surface area (Å²) >= 11 is 0. The molecule has 0 aromatic heterocycles. The van der Waals surface area contributed by atoms with E-state index in [1.165, 1.54) is 21.6 Å². The zero-order chi connectivity index (χ0) is 23.3. The van der Waals surface area contributed by atoms with Crippen LogP contribution in [0.3, 0.4) is 0 Å². The van der Waals surface area contributed by atoms with Crippen molar-refractivity contribution in [2.24, 2.45) is 0 Å². The fourth-order valence-electron chi connectivity index (χ4n) is 2.63. The molecule has 8 nitrogen and oxygen atoms in total. The third-order valence-electron chi connectivity index (χ3n) is 4.34. The highest BCUT2D eigenvalue weighted by atomic mass is 33.1. The van der Waals surface area contributed by atoms with Gasteiger partial charge < -0.3 is 20.8 Å². The molecule has 10 heteroatoms. The summed E-state index contributed by atoms with van der Waals surface area (Å²) in [7, 11) is 2.77. The molecule has 0 aliphatic rings. The van der Waals surface area contributed by atoms with Crippen LogP contribution in [0.4, 0.5) is 0 Å². The van der Waals surface area contributed by atoms with E-state index in [9.17, 15) is 29.4 Å². The lowest BCUT2D eigenvalue weighted by molar-refractivity contribution is -0.140. The summed E-state index contributed by atoms with van der Waals surface area (Å²) < 4.78 is 0. The van der Waals surface area contributed by atoms with Gasteiger partial charge in [0.1, 0.15) is 12.1 Å². The molecule has 0 aliphatic carbocycles. The second kappa shape index (κ2) is 13.4. The molecule has 2 aromatic rings. The van der Waals surface area contributed by atoms with Crippen LogP contribution in [0.15, 0.2) is 60.7 Å². The van der Waals surface area contributed by atoms with Gasteiger partial charge in [-0.15, -0.1) is 0 Å². The minimum Gasteiger partial charge on any atom is -0.480 e. The quantitative estimate of drug-likeness (QED) is 0.256. The molecule has 170 valence electrons. The fraction of sp³-hybridized carbons (Fsp3) is 0.273. The van der Waals surface area contributed by atoms with Crippen molar-refractivity contribution >= 4 is 45.3 Å². The Morgan fingerprint density at radius 1 is 0.656 bits per heavy atom. The molecule has 0 heterocycles. The van der Waals surface area contributed by atoms with Gasteiger partial charge in [-0.05, 0) is 37.1 Å². The van der Waals surface area contributed by atoms with Crippen LogP contribution in [0, 0.1) is 0 Å². The summed E-state index contributed by atoms with van der Waals surface area (Å²) in [6, 6.07) is 14.7. The number of aliphatic carboxylic acids is 2. The van der Waals surface area contributed by atoms with Gasteiger partial charge in [-0.1, -0.05) is 58.0 Å². The molecule has 2 unspecified atom stereocenters. The SMILES string of the molecule is O=C(NC(CCSSCCC(NC(=O)c1ccccc1)C(=O)O)C(=O)O)c1ccccc1. The van der Waals surface area contributed by atoms with Crippen molar-refractivity contribution in [2.45, 2.75) is 24.9 Å². The second-order valence-electron chi connectivity index (χ2n) is 6.68. The Hall–Kier alpha value is -2.98. The van der Waals surface area contributed by atoms with E-state index in [-0.39, 0.29) is 12.8 Å². The van der Waals surface area contributed by atoms with Gasteiger partial charge in [-0.25, -0.2) is 9.59 Å². The zero-order valence-corrected chi connectivity index (χ0v) is 18.7. The number of benzene rings is 2. The topological polar surface area (TPSA) is 133 Å². The van der Waals surface area contributed by atoms with Crippen molar-refractivity contribution in [3.8, 4) is 0 Å². The average molecular weight is 477 g/mol. The maximum Gasteiger partial charge on any atom is 0.326 e. The smallest absolute Gasteiger partial charge is 0.326 e. The molecular formula is C22H24N2O6S2. The van der Waals surface area contributed by atoms with E-state index in [1.807, 2.05) is 0 Å². The first-order chi connectivity index (χ1) is 15.4. The van der Waals surface area contributed by atoms with E-state index in [0.29, 0.717) is 22.6 Å². The first kappa shape index (κ1) is 25.3. The number of carbonyl (C=O) groups is 4. The zero-order valence-electron chi connectivity index (χ0n) is 17.1. The third kappa shape index (κ3) is 8.64. The van der Waals surface area contributed by atoms with Crippen molar-refractivity contribution in [3.63, 3.8) is 0 Å². The molecule has 4 N–H and O–H groups in total. The Bertz CT molecular complexity index is 836. The Morgan fingerprint density at radius 3 is 1.31 bits per heavy atom. The van der Waals surface area contributed by atoms with Gasteiger partial charge in [0.05, 0.1) is 0 Å². The number of rotatable bonds is 13. The van der Waals surface area contributed by atoms with E-state index >= 15 is 0 Å². The Balaban J connectivity index is 1.71. The maximum absolute atomic E-state index is 12.1. The molecule has 2 aromatic carbocycles. The van der Waals surface area contributed by atoms with Crippen LogP contribution < -0.4 is 10.6 Å². The molecule has 2 atom stereocenters. The lowest BCUT2D eigenvalue weighted by Crippen LogP contribution is -2.41. The Kier molecular flexibility index (Phi) is 10.6. The Labute approximate surface area is 193 Å². The van der Waals surface area contributed by atoms with Gasteiger partial charge in [0.25, 0.3) is 11.8 Å². The lowest BCUT2D eigenvalue weighted by Gasteiger charge is -2.15. The predicted molar refractivity (Wildman–Crippen MR) is 125 cm³/mol. The number of carboxylic acids is 2. The van der Waals surface area contributed by atoms with Crippen molar-refractivity contribution in [1.29, 1.82) is 0 Å². The number of carboxylic acid groups (broad SMARTS) is 2. The second-order valence-corrected chi connectivity index (χ2v) is 9.38. The summed E-state index contributed by atoms with van der Waals surface area (Å²) in [4.78, 5) is 47.2. The first-order valence-corrected chi connectivity index (χ1v) is 12.3. The highest BCUT2D eigenvalue weighted by Gasteiger charge is 2.22. The van der Waals surface area contributed by atoms with Gasteiger partial charge in [-0.2, -0.15) is 0 Å². The van der Waals surface area contributed by atoms with Gasteiger partial charge in [0, 0.05) is 22.6 Å². The van der Waals surface area contributed by atoms with Crippen LogP contribution in [0.1, 0.15) is 33.6 Å². The molecule has 0 bridgehead atoms. The maximum atomic E-state index is 12.1. The Morgan fingerprint density at radius 2 is 1.00 bits per heavy atom. The molecule has 0 saturated heterocycles. The minimum atomic E-state index is -1.12. The average Bonchev–Trinajstić information content (AvgIpc) is 2.80. The fourth-order valence-corrected chi connectivity index (χ4v) is 4.81. The minimum absolute atomic E-state index is 0.221. The molecule has 32 heavy (non-hydrogen) atoms. The first-order valence-electron chi connectivity index (χ1n) is 9.80. The van der Waals surface area contributed by atoms with Gasteiger partial charge in [0.2, 0.25) is 0 Å². The largest absolute Gasteiger partial charge is 0.480 e. The highest BCUT2D eigenvalue weighted by Crippen LogP contribution is 2.24. The lowest BCUT2D eigenvalue weighted by atomic mass is 10.1. The summed E-state index contributed by atoms with van der Waals surface area (Å²) in [5, 5.41) is 23.7. The van der Waals surface area contributed by atoms with Crippen LogP contribution in [0.5, 0.6) is 0 Å². The summed E-state index contributed by atoms with van der Waals surface area (Å²) in [5.74, 6) is -2.23. The normalized spacial score (nSPS) is 12.4. The van der Waals surface area contributed by atoms with Crippen LogP contribution in [0.25, 0.3) is 0 Å². The number of carbonyl (C=O) groups excluding carboxylic acids is 2. The van der Waals surface area contributed by atoms with Crippen LogP contribution in [-0.2, 0) is 9.59 Å². The van der Waals surface area contributed by atoms with E-state index in [4.69, 9.17) is 0 Å². The number of hydrogen-bond donors (Lipinski definition) is 4. The van der Waals surface area contributed by atoms with E-state index in [0.717, 1.165) is 0 Å². The summed E-state index contributed by atoms with van der Waals surface area (Å²) in [6.07, 6.45) is 0.442. The van der Waals surface area contributed by atoms with E-state index in [1.54, 1.807) is 60.7 Å². The van der Waals surface area contributed by atoms with E-state index in [2.05, 4.69) is 10.6 Å². The standard InChI is InChI=1S/C22H24N2O6S2/c25-19(15-7-3-1-4-8-15)23-17(21(27)28)11-13-31-32-14-12-18(22(29)30)24-20(26)16-9-5-2-6-10-16/h1-10,17-18H,11-14H2,(H,23,25)(H,24,26)(H,27,28)(H,29,30). The highest BCUT2D eigenvalue weighted by molar-refractivity contribution is 8.76. The molecule has 2 rings (SSSR count). The molecular weight excluding hydrogens is 452 g/mol. The van der Waals surface area contributed by atoms with Crippen LogP contribution >= 0.6 is 21.6 Å². The van der Waals surface area contributed by atoms with Crippen molar-refractivity contribution in [3.05, 3.63) is 71.8 Å². The van der Waals surface area contributed by atoms with E-state index < -0.39 is 35.8 Å². The summed E-state index contributed by atoms with van der Waals surface area (Å²) in [6.45, 7) is 0. The van der Waals surface area contributed by atoms with Crippen LogP contribution in [-0.4, -0.2) is 57.6 Å². The van der Waals surface area contributed by atoms with Crippen molar-refractivity contribution < 1.29 is 29.4 Å². The van der Waals surface area contributed by atoms with Crippen molar-refractivity contribution in [1.82, 2.24) is 10.6 Å². The number of amides is 2. The number of nitrogens with one attached hydrogen (secondary N) is 2. The van der Waals surface area contributed by atoms with Gasteiger partial charge >= 0.3 is 11.9 Å². The third-order valence-corrected chi connectivity index (χ3v) is 6.81. The van der Waals surface area contributed by atoms with Gasteiger partial charge in [-0.3, -0.25) is 9.59 Å². The van der Waals surface area contributed by atoms with Crippen molar-refractivity contribution in [2.75, 3.05) is 11.5 Å². The predicted octanol–water partition coefficient (Wildman–Crippen LogP) is 2.91.